The van der Waals surface area contributed by atoms with E-state index in [-0.39, 0.29) is 26.3 Å². The Morgan fingerprint density at radius 1 is 1.35 bits per heavy atom. The van der Waals surface area contributed by atoms with Crippen molar-refractivity contribution in [1.29, 1.82) is 0 Å². The summed E-state index contributed by atoms with van der Waals surface area (Å²) in [6, 6.07) is 5.87. The molecule has 1 aromatic rings. The molecule has 0 unspecified atom stereocenters. The third-order valence-electron chi connectivity index (χ3n) is 2.53. The summed E-state index contributed by atoms with van der Waals surface area (Å²) >= 11 is 0.165. The molecule has 3 heteroatoms. The second kappa shape index (κ2) is 6.42. The van der Waals surface area contributed by atoms with Gasteiger partial charge in [-0.15, -0.1) is 0 Å². The molecule has 1 aromatic carbocycles. The van der Waals surface area contributed by atoms with Crippen LogP contribution in [0.25, 0.3) is 0 Å². The first-order valence-electron chi connectivity index (χ1n) is 5.78. The standard InChI is InChI=1S/C14H21NOTe/c1-14(2,3)12-7-5-6-11(13(12)16)10-15-8-9-17-4/h5-7,10,16H,8-9H2,1-4H3. The van der Waals surface area contributed by atoms with Gasteiger partial charge in [0, 0.05) is 0 Å². The van der Waals surface area contributed by atoms with Gasteiger partial charge in [0.15, 0.2) is 0 Å². The van der Waals surface area contributed by atoms with Crippen molar-refractivity contribution in [1.82, 2.24) is 0 Å². The zero-order valence-corrected chi connectivity index (χ0v) is 13.4. The Morgan fingerprint density at radius 2 is 2.06 bits per heavy atom. The van der Waals surface area contributed by atoms with Gasteiger partial charge in [-0.1, -0.05) is 0 Å². The monoisotopic (exact) mass is 349 g/mol. The van der Waals surface area contributed by atoms with Crippen LogP contribution in [-0.2, 0) is 5.41 Å². The van der Waals surface area contributed by atoms with E-state index < -0.39 is 0 Å². The quantitative estimate of drug-likeness (QED) is 0.506. The number of nitrogens with zero attached hydrogens (tertiary/aromatic N) is 1. The SMILES string of the molecule is C[Te]CCN=Cc1cccc(C(C)(C)C)c1O. The van der Waals surface area contributed by atoms with E-state index in [1.807, 2.05) is 18.2 Å². The Bertz CT molecular complexity index is 394. The zero-order valence-electron chi connectivity index (χ0n) is 11.0. The molecule has 0 amide bonds. The van der Waals surface area contributed by atoms with Crippen molar-refractivity contribution in [2.45, 2.75) is 35.6 Å². The van der Waals surface area contributed by atoms with Gasteiger partial charge < -0.3 is 0 Å². The topological polar surface area (TPSA) is 32.6 Å². The van der Waals surface area contributed by atoms with E-state index in [0.717, 1.165) is 17.7 Å². The van der Waals surface area contributed by atoms with Crippen LogP contribution in [0.3, 0.4) is 0 Å². The number of benzene rings is 1. The minimum atomic E-state index is -0.0379. The molecule has 0 saturated heterocycles. The molecule has 0 aliphatic heterocycles. The fraction of sp³-hybridized carbons (Fsp3) is 0.500. The first-order chi connectivity index (χ1) is 7.96. The molecule has 0 radical (unpaired) electrons. The normalized spacial score (nSPS) is 12.2. The second-order valence-electron chi connectivity index (χ2n) is 5.02. The molecule has 0 aromatic heterocycles. The number of phenolic OH excluding ortho intramolecular Hbond substituents is 1. The number of aliphatic imine (C=N–C) groups is 1. The Morgan fingerprint density at radius 3 is 2.65 bits per heavy atom. The number of hydrogen-bond acceptors (Lipinski definition) is 2. The molecule has 1 rings (SSSR count). The van der Waals surface area contributed by atoms with Crippen LogP contribution in [0.15, 0.2) is 23.2 Å². The Hall–Kier alpha value is -0.520. The number of rotatable bonds is 4. The van der Waals surface area contributed by atoms with Crippen LogP contribution in [0, 0.1) is 0 Å². The van der Waals surface area contributed by atoms with E-state index in [1.54, 1.807) is 6.21 Å². The fourth-order valence-electron chi connectivity index (χ4n) is 1.58. The minimum absolute atomic E-state index is 0.0379. The van der Waals surface area contributed by atoms with Crippen molar-refractivity contribution in [3.05, 3.63) is 29.3 Å². The summed E-state index contributed by atoms with van der Waals surface area (Å²) in [6.45, 7) is 7.19. The molecule has 0 spiro atoms. The summed E-state index contributed by atoms with van der Waals surface area (Å²) in [4.78, 5) is 6.64. The Kier molecular flexibility index (Phi) is 5.49. The molecule has 0 saturated carbocycles. The average Bonchev–Trinajstić information content (AvgIpc) is 2.25. The van der Waals surface area contributed by atoms with E-state index >= 15 is 0 Å². The maximum atomic E-state index is 10.2. The van der Waals surface area contributed by atoms with E-state index in [0.29, 0.717) is 5.75 Å². The van der Waals surface area contributed by atoms with E-state index in [4.69, 9.17) is 0 Å². The van der Waals surface area contributed by atoms with Gasteiger partial charge in [0.2, 0.25) is 0 Å². The molecule has 0 fully saturated rings. The van der Waals surface area contributed by atoms with E-state index in [9.17, 15) is 5.11 Å². The number of hydrogen-bond donors (Lipinski definition) is 1. The van der Waals surface area contributed by atoms with Crippen molar-refractivity contribution < 1.29 is 5.11 Å². The molecule has 0 atom stereocenters. The number of phenols is 1. The number of aromatic hydroxyl groups is 1. The van der Waals surface area contributed by atoms with Crippen LogP contribution < -0.4 is 0 Å². The summed E-state index contributed by atoms with van der Waals surface area (Å²) in [5, 5.41) is 10.2. The van der Waals surface area contributed by atoms with Gasteiger partial charge in [0.1, 0.15) is 0 Å². The van der Waals surface area contributed by atoms with Crippen molar-refractivity contribution in [3.63, 3.8) is 0 Å². The summed E-state index contributed by atoms with van der Waals surface area (Å²) in [5.74, 6) is 0.372. The van der Waals surface area contributed by atoms with Gasteiger partial charge in [0.25, 0.3) is 0 Å². The van der Waals surface area contributed by atoms with Crippen LogP contribution in [-0.4, -0.2) is 38.8 Å². The molecule has 0 aliphatic rings. The summed E-state index contributed by atoms with van der Waals surface area (Å²) < 4.78 is 1.22. The van der Waals surface area contributed by atoms with Crippen LogP contribution in [0.4, 0.5) is 0 Å². The molecule has 94 valence electrons. The third kappa shape index (κ3) is 4.33. The van der Waals surface area contributed by atoms with Crippen molar-refractivity contribution in [2.75, 3.05) is 6.54 Å². The number of para-hydroxylation sites is 1. The van der Waals surface area contributed by atoms with Crippen molar-refractivity contribution >= 4 is 27.1 Å². The molecule has 1 N–H and O–H groups in total. The molecule has 0 bridgehead atoms. The Labute approximate surface area is 114 Å². The predicted octanol–water partition coefficient (Wildman–Crippen LogP) is 3.28. The van der Waals surface area contributed by atoms with Crippen LogP contribution >= 0.6 is 0 Å². The fourth-order valence-corrected chi connectivity index (χ4v) is 2.40. The van der Waals surface area contributed by atoms with Crippen LogP contribution in [0.1, 0.15) is 31.9 Å². The first-order valence-corrected chi connectivity index (χ1v) is 9.76. The van der Waals surface area contributed by atoms with E-state index in [2.05, 4.69) is 30.7 Å². The van der Waals surface area contributed by atoms with Gasteiger partial charge >= 0.3 is 114 Å². The third-order valence-corrected chi connectivity index (χ3v) is 4.22. The van der Waals surface area contributed by atoms with Gasteiger partial charge in [-0.25, -0.2) is 0 Å². The predicted molar refractivity (Wildman–Crippen MR) is 75.7 cm³/mol. The van der Waals surface area contributed by atoms with Gasteiger partial charge in [-0.3, -0.25) is 0 Å². The van der Waals surface area contributed by atoms with Crippen molar-refractivity contribution in [3.8, 4) is 5.75 Å². The van der Waals surface area contributed by atoms with Gasteiger partial charge in [-0.2, -0.15) is 0 Å². The molecule has 17 heavy (non-hydrogen) atoms. The maximum absolute atomic E-state index is 10.2. The summed E-state index contributed by atoms with van der Waals surface area (Å²) in [5.41, 5.74) is 1.77. The molecular weight excluding hydrogens is 326 g/mol. The van der Waals surface area contributed by atoms with Crippen LogP contribution in [0.2, 0.25) is 9.44 Å². The molecule has 0 aliphatic carbocycles. The zero-order chi connectivity index (χ0) is 12.9. The van der Waals surface area contributed by atoms with Crippen LogP contribution in [0.5, 0.6) is 5.75 Å². The van der Waals surface area contributed by atoms with E-state index in [1.165, 1.54) is 4.47 Å². The first kappa shape index (κ1) is 14.5. The van der Waals surface area contributed by atoms with Gasteiger partial charge in [0.05, 0.1) is 0 Å². The molecule has 2 nitrogen and oxygen atoms in total. The van der Waals surface area contributed by atoms with Gasteiger partial charge in [-0.05, 0) is 0 Å². The molecule has 0 heterocycles. The Balaban J connectivity index is 2.91. The second-order valence-corrected chi connectivity index (χ2v) is 7.83. The molecular formula is C14H21NOTe. The summed E-state index contributed by atoms with van der Waals surface area (Å²) in [7, 11) is 0. The average molecular weight is 347 g/mol. The summed E-state index contributed by atoms with van der Waals surface area (Å²) in [6.07, 6.45) is 1.80. The van der Waals surface area contributed by atoms with Crippen molar-refractivity contribution in [2.24, 2.45) is 4.99 Å².